The quantitative estimate of drug-likeness (QED) is 0.644. The maximum Gasteiger partial charge on any atom is 0.253 e. The van der Waals surface area contributed by atoms with Crippen molar-refractivity contribution in [1.82, 2.24) is 5.06 Å². The monoisotopic (exact) mass is 172 g/mol. The number of hydroxylamine groups is 2. The normalized spacial score (nSPS) is 18.4. The molecule has 4 nitrogen and oxygen atoms in total. The molecule has 12 heavy (non-hydrogen) atoms. The molecule has 0 unspecified atom stereocenters. The van der Waals surface area contributed by atoms with Crippen LogP contribution in [-0.2, 0) is 9.63 Å². The summed E-state index contributed by atoms with van der Waals surface area (Å²) in [6, 6.07) is 0. The average molecular weight is 172 g/mol. The highest BCUT2D eigenvalue weighted by atomic mass is 16.7. The van der Waals surface area contributed by atoms with Gasteiger partial charge in [-0.1, -0.05) is 0 Å². The SMILES string of the molecule is CC(C)(CN)C(=O)N1CCCO1. The van der Waals surface area contributed by atoms with Gasteiger partial charge in [-0.25, -0.2) is 5.06 Å². The Balaban J connectivity index is 2.56. The van der Waals surface area contributed by atoms with Crippen molar-refractivity contribution in [2.24, 2.45) is 11.1 Å². The third kappa shape index (κ3) is 1.76. The lowest BCUT2D eigenvalue weighted by Gasteiger charge is -2.26. The fraction of sp³-hybridized carbons (Fsp3) is 0.875. The van der Waals surface area contributed by atoms with Crippen LogP contribution < -0.4 is 5.73 Å². The first kappa shape index (κ1) is 9.48. The second kappa shape index (κ2) is 3.41. The van der Waals surface area contributed by atoms with E-state index in [0.717, 1.165) is 6.42 Å². The summed E-state index contributed by atoms with van der Waals surface area (Å²) in [7, 11) is 0. The van der Waals surface area contributed by atoms with Crippen molar-refractivity contribution in [3.8, 4) is 0 Å². The van der Waals surface area contributed by atoms with Crippen molar-refractivity contribution in [3.63, 3.8) is 0 Å². The topological polar surface area (TPSA) is 55.6 Å². The molecule has 0 spiro atoms. The van der Waals surface area contributed by atoms with Crippen LogP contribution in [0.15, 0.2) is 0 Å². The molecule has 1 amide bonds. The van der Waals surface area contributed by atoms with E-state index < -0.39 is 5.41 Å². The highest BCUT2D eigenvalue weighted by Crippen LogP contribution is 2.19. The van der Waals surface area contributed by atoms with E-state index in [1.54, 1.807) is 0 Å². The van der Waals surface area contributed by atoms with Gasteiger partial charge in [-0.05, 0) is 20.3 Å². The van der Waals surface area contributed by atoms with Gasteiger partial charge in [0.05, 0.1) is 18.6 Å². The zero-order valence-electron chi connectivity index (χ0n) is 7.67. The number of nitrogens with two attached hydrogens (primary N) is 1. The third-order valence-electron chi connectivity index (χ3n) is 2.07. The van der Waals surface area contributed by atoms with Gasteiger partial charge in [-0.15, -0.1) is 0 Å². The second-order valence-electron chi connectivity index (χ2n) is 3.68. The summed E-state index contributed by atoms with van der Waals surface area (Å²) < 4.78 is 0. The molecule has 4 heteroatoms. The highest BCUT2D eigenvalue weighted by molar-refractivity contribution is 5.81. The number of hydrogen-bond donors (Lipinski definition) is 1. The molecule has 0 bridgehead atoms. The van der Waals surface area contributed by atoms with Gasteiger partial charge in [-0.2, -0.15) is 0 Å². The molecule has 1 aliphatic rings. The van der Waals surface area contributed by atoms with Crippen molar-refractivity contribution >= 4 is 5.91 Å². The van der Waals surface area contributed by atoms with Crippen LogP contribution in [-0.4, -0.2) is 30.7 Å². The first-order valence-corrected chi connectivity index (χ1v) is 4.23. The van der Waals surface area contributed by atoms with Gasteiger partial charge in [0.25, 0.3) is 5.91 Å². The first-order valence-electron chi connectivity index (χ1n) is 4.23. The number of amides is 1. The summed E-state index contributed by atoms with van der Waals surface area (Å²) in [5, 5.41) is 1.42. The van der Waals surface area contributed by atoms with Gasteiger partial charge < -0.3 is 5.73 Å². The van der Waals surface area contributed by atoms with Crippen LogP contribution >= 0.6 is 0 Å². The van der Waals surface area contributed by atoms with Crippen LogP contribution in [0.25, 0.3) is 0 Å². The van der Waals surface area contributed by atoms with Crippen LogP contribution in [0.3, 0.4) is 0 Å². The van der Waals surface area contributed by atoms with Gasteiger partial charge in [0.1, 0.15) is 0 Å². The number of carbonyl (C=O) groups is 1. The summed E-state index contributed by atoms with van der Waals surface area (Å²) in [5.74, 6) is -0.0116. The minimum absolute atomic E-state index is 0.0116. The molecule has 70 valence electrons. The zero-order chi connectivity index (χ0) is 9.19. The fourth-order valence-corrected chi connectivity index (χ4v) is 1.03. The molecular formula is C8H16N2O2. The molecule has 0 radical (unpaired) electrons. The van der Waals surface area contributed by atoms with E-state index in [4.69, 9.17) is 10.6 Å². The zero-order valence-corrected chi connectivity index (χ0v) is 7.67. The molecule has 0 aliphatic carbocycles. The average Bonchev–Trinajstić information content (AvgIpc) is 2.55. The molecule has 0 aromatic rings. The van der Waals surface area contributed by atoms with E-state index in [9.17, 15) is 4.79 Å². The summed E-state index contributed by atoms with van der Waals surface area (Å²) in [5.41, 5.74) is 4.98. The molecule has 1 aliphatic heterocycles. The molecule has 0 aromatic heterocycles. The molecular weight excluding hydrogens is 156 g/mol. The predicted molar refractivity (Wildman–Crippen MR) is 45.1 cm³/mol. The molecule has 0 aromatic carbocycles. The van der Waals surface area contributed by atoms with Crippen LogP contribution in [0.4, 0.5) is 0 Å². The van der Waals surface area contributed by atoms with E-state index in [0.29, 0.717) is 19.7 Å². The minimum atomic E-state index is -0.496. The van der Waals surface area contributed by atoms with Crippen molar-refractivity contribution < 1.29 is 9.63 Å². The maximum absolute atomic E-state index is 11.6. The molecule has 1 heterocycles. The van der Waals surface area contributed by atoms with E-state index in [2.05, 4.69) is 0 Å². The molecule has 1 saturated heterocycles. The number of carbonyl (C=O) groups excluding carboxylic acids is 1. The van der Waals surface area contributed by atoms with Gasteiger partial charge in [0, 0.05) is 6.54 Å². The summed E-state index contributed by atoms with van der Waals surface area (Å²) in [6.45, 7) is 5.36. The molecule has 0 saturated carbocycles. The molecule has 0 atom stereocenters. The Morgan fingerprint density at radius 2 is 2.33 bits per heavy atom. The Labute approximate surface area is 72.6 Å². The standard InChI is InChI=1S/C8H16N2O2/c1-8(2,6-9)7(11)10-4-3-5-12-10/h3-6,9H2,1-2H3. The van der Waals surface area contributed by atoms with Gasteiger partial charge in [-0.3, -0.25) is 9.63 Å². The number of hydrogen-bond acceptors (Lipinski definition) is 3. The summed E-state index contributed by atoms with van der Waals surface area (Å²) in [6.07, 6.45) is 0.923. The first-order chi connectivity index (χ1) is 5.58. The lowest BCUT2D eigenvalue weighted by atomic mass is 9.92. The van der Waals surface area contributed by atoms with E-state index in [1.807, 2.05) is 13.8 Å². The van der Waals surface area contributed by atoms with E-state index >= 15 is 0 Å². The minimum Gasteiger partial charge on any atom is -0.329 e. The van der Waals surface area contributed by atoms with Gasteiger partial charge in [0.2, 0.25) is 0 Å². The van der Waals surface area contributed by atoms with Crippen LogP contribution in [0.5, 0.6) is 0 Å². The Kier molecular flexibility index (Phi) is 2.69. The van der Waals surface area contributed by atoms with Crippen LogP contribution in [0.1, 0.15) is 20.3 Å². The molecule has 1 rings (SSSR count). The third-order valence-corrected chi connectivity index (χ3v) is 2.07. The smallest absolute Gasteiger partial charge is 0.253 e. The lowest BCUT2D eigenvalue weighted by molar-refractivity contribution is -0.178. The number of nitrogens with zero attached hydrogens (tertiary/aromatic N) is 1. The molecule has 2 N–H and O–H groups in total. The van der Waals surface area contributed by atoms with Crippen LogP contribution in [0, 0.1) is 5.41 Å². The van der Waals surface area contributed by atoms with Crippen molar-refractivity contribution in [1.29, 1.82) is 0 Å². The Bertz CT molecular complexity index is 174. The van der Waals surface area contributed by atoms with Gasteiger partial charge in [0.15, 0.2) is 0 Å². The second-order valence-corrected chi connectivity index (χ2v) is 3.68. The Morgan fingerprint density at radius 1 is 1.67 bits per heavy atom. The maximum atomic E-state index is 11.6. The largest absolute Gasteiger partial charge is 0.329 e. The van der Waals surface area contributed by atoms with Crippen molar-refractivity contribution in [2.75, 3.05) is 19.7 Å². The molecule has 1 fully saturated rings. The predicted octanol–water partition coefficient (Wildman–Crippen LogP) is 0.135. The van der Waals surface area contributed by atoms with Crippen molar-refractivity contribution in [3.05, 3.63) is 0 Å². The van der Waals surface area contributed by atoms with E-state index in [-0.39, 0.29) is 5.91 Å². The summed E-state index contributed by atoms with van der Waals surface area (Å²) >= 11 is 0. The summed E-state index contributed by atoms with van der Waals surface area (Å²) in [4.78, 5) is 16.8. The van der Waals surface area contributed by atoms with Crippen molar-refractivity contribution in [2.45, 2.75) is 20.3 Å². The fourth-order valence-electron chi connectivity index (χ4n) is 1.03. The number of rotatable bonds is 2. The highest BCUT2D eigenvalue weighted by Gasteiger charge is 2.32. The van der Waals surface area contributed by atoms with Crippen LogP contribution in [0.2, 0.25) is 0 Å². The van der Waals surface area contributed by atoms with Gasteiger partial charge >= 0.3 is 0 Å². The Morgan fingerprint density at radius 3 is 2.75 bits per heavy atom. The Hall–Kier alpha value is -0.610. The van der Waals surface area contributed by atoms with E-state index in [1.165, 1.54) is 5.06 Å². The lowest BCUT2D eigenvalue weighted by Crippen LogP contribution is -2.42.